The lowest BCUT2D eigenvalue weighted by molar-refractivity contribution is -0.145. The van der Waals surface area contributed by atoms with E-state index in [2.05, 4.69) is 5.32 Å². The van der Waals surface area contributed by atoms with E-state index < -0.39 is 11.4 Å². The van der Waals surface area contributed by atoms with Crippen LogP contribution in [0.1, 0.15) is 37.7 Å². The second-order valence-electron chi connectivity index (χ2n) is 6.32. The van der Waals surface area contributed by atoms with E-state index in [-0.39, 0.29) is 24.9 Å². The zero-order valence-corrected chi connectivity index (χ0v) is 12.9. The highest BCUT2D eigenvalue weighted by Crippen LogP contribution is 2.40. The first-order chi connectivity index (χ1) is 11.0. The third-order valence-electron chi connectivity index (χ3n) is 4.85. The highest BCUT2D eigenvalue weighted by molar-refractivity contribution is 6.02. The third kappa shape index (κ3) is 2.93. The standard InChI is InChI=1S/C17H20N2O4/c20-14-10-19(11-15(21)18-14)13-6-4-12(5-7-13)17(16(22)23)8-2-1-3-9-17/h4-7H,1-3,8-11H2,(H,22,23)(H,18,20,21). The summed E-state index contributed by atoms with van der Waals surface area (Å²) in [5.74, 6) is -1.41. The van der Waals surface area contributed by atoms with Gasteiger partial charge in [0.2, 0.25) is 11.8 Å². The van der Waals surface area contributed by atoms with Crippen LogP contribution < -0.4 is 10.2 Å². The number of benzene rings is 1. The van der Waals surface area contributed by atoms with Gasteiger partial charge in [-0.1, -0.05) is 31.4 Å². The highest BCUT2D eigenvalue weighted by atomic mass is 16.4. The van der Waals surface area contributed by atoms with Crippen molar-refractivity contribution in [3.63, 3.8) is 0 Å². The van der Waals surface area contributed by atoms with Crippen molar-refractivity contribution in [2.45, 2.75) is 37.5 Å². The smallest absolute Gasteiger partial charge is 0.314 e. The number of carboxylic acids is 1. The number of hydrogen-bond donors (Lipinski definition) is 2. The molecule has 1 saturated carbocycles. The molecule has 0 bridgehead atoms. The molecule has 6 nitrogen and oxygen atoms in total. The minimum atomic E-state index is -0.800. The highest BCUT2D eigenvalue weighted by Gasteiger charge is 2.41. The van der Waals surface area contributed by atoms with Gasteiger partial charge in [0, 0.05) is 5.69 Å². The largest absolute Gasteiger partial charge is 0.481 e. The van der Waals surface area contributed by atoms with Gasteiger partial charge in [-0.15, -0.1) is 0 Å². The number of anilines is 1. The first-order valence-electron chi connectivity index (χ1n) is 7.93. The third-order valence-corrected chi connectivity index (χ3v) is 4.85. The summed E-state index contributed by atoms with van der Waals surface area (Å²) in [6, 6.07) is 7.26. The molecule has 6 heteroatoms. The Morgan fingerprint density at radius 1 is 1.00 bits per heavy atom. The van der Waals surface area contributed by atoms with Crippen molar-refractivity contribution in [2.75, 3.05) is 18.0 Å². The molecule has 1 aromatic rings. The number of imide groups is 1. The zero-order valence-electron chi connectivity index (χ0n) is 12.9. The van der Waals surface area contributed by atoms with Gasteiger partial charge in [-0.25, -0.2) is 0 Å². The van der Waals surface area contributed by atoms with Gasteiger partial charge in [0.25, 0.3) is 0 Å². The van der Waals surface area contributed by atoms with Crippen molar-refractivity contribution in [1.82, 2.24) is 5.32 Å². The van der Waals surface area contributed by atoms with E-state index in [4.69, 9.17) is 0 Å². The molecule has 1 aromatic carbocycles. The summed E-state index contributed by atoms with van der Waals surface area (Å²) in [5.41, 5.74) is 0.765. The summed E-state index contributed by atoms with van der Waals surface area (Å²) in [6.45, 7) is 0.268. The molecular weight excluding hydrogens is 296 g/mol. The Labute approximate surface area is 134 Å². The summed E-state index contributed by atoms with van der Waals surface area (Å²) in [6.07, 6.45) is 4.25. The van der Waals surface area contributed by atoms with Gasteiger partial charge in [0.05, 0.1) is 18.5 Å². The number of piperazine rings is 1. The number of carbonyl (C=O) groups is 3. The van der Waals surface area contributed by atoms with Gasteiger partial charge in [-0.05, 0) is 30.5 Å². The Morgan fingerprint density at radius 3 is 2.09 bits per heavy atom. The van der Waals surface area contributed by atoms with Crippen molar-refractivity contribution in [3.8, 4) is 0 Å². The summed E-state index contributed by atoms with van der Waals surface area (Å²) in [5, 5.41) is 12.0. The quantitative estimate of drug-likeness (QED) is 0.824. The molecular formula is C17H20N2O4. The zero-order chi connectivity index (χ0) is 16.4. The maximum absolute atomic E-state index is 11.8. The lowest BCUT2D eigenvalue weighted by atomic mass is 9.69. The minimum absolute atomic E-state index is 0.134. The molecule has 1 aliphatic heterocycles. The molecule has 122 valence electrons. The van der Waals surface area contributed by atoms with E-state index in [1.54, 1.807) is 17.0 Å². The molecule has 0 aromatic heterocycles. The normalized spacial score (nSPS) is 21.0. The van der Waals surface area contributed by atoms with Crippen molar-refractivity contribution in [2.24, 2.45) is 0 Å². The van der Waals surface area contributed by atoms with Crippen LogP contribution in [0.15, 0.2) is 24.3 Å². The van der Waals surface area contributed by atoms with Crippen LogP contribution in [0.2, 0.25) is 0 Å². The molecule has 23 heavy (non-hydrogen) atoms. The van der Waals surface area contributed by atoms with Crippen LogP contribution in [0, 0.1) is 0 Å². The van der Waals surface area contributed by atoms with Crippen LogP contribution in [0.4, 0.5) is 5.69 Å². The van der Waals surface area contributed by atoms with Gasteiger partial charge in [0.1, 0.15) is 0 Å². The Kier molecular flexibility index (Phi) is 4.07. The van der Waals surface area contributed by atoms with Gasteiger partial charge in [0.15, 0.2) is 0 Å². The van der Waals surface area contributed by atoms with Crippen molar-refractivity contribution in [3.05, 3.63) is 29.8 Å². The molecule has 0 radical (unpaired) electrons. The summed E-state index contributed by atoms with van der Waals surface area (Å²) in [4.78, 5) is 36.5. The van der Waals surface area contributed by atoms with E-state index in [0.717, 1.165) is 30.5 Å². The van der Waals surface area contributed by atoms with E-state index in [9.17, 15) is 19.5 Å². The maximum Gasteiger partial charge on any atom is 0.314 e. The molecule has 1 aliphatic carbocycles. The van der Waals surface area contributed by atoms with Crippen molar-refractivity contribution >= 4 is 23.5 Å². The van der Waals surface area contributed by atoms with E-state index in [1.807, 2.05) is 12.1 Å². The van der Waals surface area contributed by atoms with Crippen molar-refractivity contribution in [1.29, 1.82) is 0 Å². The molecule has 0 spiro atoms. The molecule has 2 fully saturated rings. The van der Waals surface area contributed by atoms with E-state index >= 15 is 0 Å². The monoisotopic (exact) mass is 316 g/mol. The molecule has 2 aliphatic rings. The molecule has 0 atom stereocenters. The number of nitrogens with zero attached hydrogens (tertiary/aromatic N) is 1. The lowest BCUT2D eigenvalue weighted by Crippen LogP contribution is -2.51. The van der Waals surface area contributed by atoms with E-state index in [0.29, 0.717) is 12.8 Å². The van der Waals surface area contributed by atoms with Gasteiger partial charge < -0.3 is 10.0 Å². The first kappa shape index (κ1) is 15.5. The lowest BCUT2D eigenvalue weighted by Gasteiger charge is -2.34. The number of hydrogen-bond acceptors (Lipinski definition) is 4. The second-order valence-corrected chi connectivity index (χ2v) is 6.32. The van der Waals surface area contributed by atoms with Gasteiger partial charge in [-0.3, -0.25) is 19.7 Å². The average molecular weight is 316 g/mol. The molecule has 2 N–H and O–H groups in total. The number of carboxylic acid groups (broad SMARTS) is 1. The van der Waals surface area contributed by atoms with Crippen LogP contribution in [0.25, 0.3) is 0 Å². The second kappa shape index (κ2) is 6.02. The maximum atomic E-state index is 11.8. The Balaban J connectivity index is 1.85. The fraction of sp³-hybridized carbons (Fsp3) is 0.471. The van der Waals surface area contributed by atoms with Crippen molar-refractivity contribution < 1.29 is 19.5 Å². The Bertz CT molecular complexity index is 616. The molecule has 1 saturated heterocycles. The SMILES string of the molecule is O=C1CN(c2ccc(C3(C(=O)O)CCCCC3)cc2)CC(=O)N1. The predicted octanol–water partition coefficient (Wildman–Crippen LogP) is 1.44. The number of amides is 2. The average Bonchev–Trinajstić information content (AvgIpc) is 2.54. The number of rotatable bonds is 3. The minimum Gasteiger partial charge on any atom is -0.481 e. The number of aliphatic carboxylic acids is 1. The molecule has 1 heterocycles. The van der Waals surface area contributed by atoms with Gasteiger partial charge in [-0.2, -0.15) is 0 Å². The summed E-state index contributed by atoms with van der Waals surface area (Å²) in [7, 11) is 0. The predicted molar refractivity (Wildman–Crippen MR) is 84.2 cm³/mol. The van der Waals surface area contributed by atoms with E-state index in [1.165, 1.54) is 0 Å². The Morgan fingerprint density at radius 2 is 1.57 bits per heavy atom. The number of carbonyl (C=O) groups excluding carboxylic acids is 2. The summed E-state index contributed by atoms with van der Waals surface area (Å²) >= 11 is 0. The fourth-order valence-corrected chi connectivity index (χ4v) is 3.59. The summed E-state index contributed by atoms with van der Waals surface area (Å²) < 4.78 is 0. The van der Waals surface area contributed by atoms with Crippen LogP contribution >= 0.6 is 0 Å². The van der Waals surface area contributed by atoms with Crippen LogP contribution in [0.5, 0.6) is 0 Å². The number of nitrogens with one attached hydrogen (secondary N) is 1. The first-order valence-corrected chi connectivity index (χ1v) is 7.93. The Hall–Kier alpha value is -2.37. The van der Waals surface area contributed by atoms with Crippen LogP contribution in [-0.2, 0) is 19.8 Å². The van der Waals surface area contributed by atoms with Gasteiger partial charge >= 0.3 is 5.97 Å². The van der Waals surface area contributed by atoms with Crippen LogP contribution in [-0.4, -0.2) is 36.0 Å². The topological polar surface area (TPSA) is 86.7 Å². The molecule has 3 rings (SSSR count). The van der Waals surface area contributed by atoms with Crippen LogP contribution in [0.3, 0.4) is 0 Å². The molecule has 2 amide bonds. The molecule has 0 unspecified atom stereocenters. The fourth-order valence-electron chi connectivity index (χ4n) is 3.59.